The van der Waals surface area contributed by atoms with Gasteiger partial charge >= 0.3 is 0 Å². The second-order valence-electron chi connectivity index (χ2n) is 6.09. The lowest BCUT2D eigenvalue weighted by Gasteiger charge is -2.07. The summed E-state index contributed by atoms with van der Waals surface area (Å²) >= 11 is 0. The Bertz CT molecular complexity index is 1100. The van der Waals surface area contributed by atoms with Crippen molar-refractivity contribution in [3.8, 4) is 5.82 Å². The molecular formula is C20H17N5O. The number of nitrogens with zero attached hydrogens (tertiary/aromatic N) is 4. The molecule has 1 aromatic carbocycles. The molecule has 0 atom stereocenters. The fourth-order valence-corrected chi connectivity index (χ4v) is 2.76. The van der Waals surface area contributed by atoms with Crippen LogP contribution < -0.4 is 5.32 Å². The fraction of sp³-hybridized carbons (Fsp3) is 0.100. The molecule has 0 aliphatic rings. The van der Waals surface area contributed by atoms with Gasteiger partial charge in [-0.3, -0.25) is 4.79 Å². The van der Waals surface area contributed by atoms with Crippen molar-refractivity contribution < 1.29 is 4.79 Å². The first kappa shape index (κ1) is 16.0. The quantitative estimate of drug-likeness (QED) is 0.616. The highest BCUT2D eigenvalue weighted by Crippen LogP contribution is 2.18. The molecule has 0 fully saturated rings. The van der Waals surface area contributed by atoms with Crippen molar-refractivity contribution in [1.29, 1.82) is 0 Å². The summed E-state index contributed by atoms with van der Waals surface area (Å²) in [5.41, 5.74) is 3.13. The van der Waals surface area contributed by atoms with Gasteiger partial charge in [-0.05, 0) is 43.7 Å². The van der Waals surface area contributed by atoms with E-state index in [1.54, 1.807) is 23.1 Å². The number of fused-ring (bicyclic) bond motifs is 1. The van der Waals surface area contributed by atoms with E-state index in [0.717, 1.165) is 22.2 Å². The van der Waals surface area contributed by atoms with E-state index in [-0.39, 0.29) is 5.91 Å². The van der Waals surface area contributed by atoms with Crippen LogP contribution in [-0.4, -0.2) is 25.7 Å². The number of anilines is 1. The highest BCUT2D eigenvalue weighted by Gasteiger charge is 2.16. The minimum absolute atomic E-state index is 0.245. The van der Waals surface area contributed by atoms with Crippen molar-refractivity contribution in [2.75, 3.05) is 5.32 Å². The summed E-state index contributed by atoms with van der Waals surface area (Å²) in [6, 6.07) is 15.5. The number of amides is 1. The van der Waals surface area contributed by atoms with Crippen LogP contribution >= 0.6 is 0 Å². The first-order valence-corrected chi connectivity index (χ1v) is 8.26. The predicted octanol–water partition coefficient (Wildman–Crippen LogP) is 3.68. The minimum Gasteiger partial charge on any atom is -0.306 e. The highest BCUT2D eigenvalue weighted by molar-refractivity contribution is 6.04. The molecule has 6 nitrogen and oxygen atoms in total. The van der Waals surface area contributed by atoms with Gasteiger partial charge in [-0.15, -0.1) is 0 Å². The Balaban J connectivity index is 1.64. The molecular weight excluding hydrogens is 326 g/mol. The van der Waals surface area contributed by atoms with E-state index in [2.05, 4.69) is 20.4 Å². The van der Waals surface area contributed by atoms with Gasteiger partial charge in [0.1, 0.15) is 5.82 Å². The summed E-state index contributed by atoms with van der Waals surface area (Å²) < 4.78 is 1.67. The summed E-state index contributed by atoms with van der Waals surface area (Å²) in [5, 5.41) is 8.20. The standard InChI is InChI=1S/C20H17N5O/c1-13-7-9-18(21-11-13)24-20(26)16-12-22-25(14(16)2)19-10-8-15-5-3-4-6-17(15)23-19/h3-12H,1-2H3,(H,21,24,26). The van der Waals surface area contributed by atoms with E-state index < -0.39 is 0 Å². The maximum Gasteiger partial charge on any atom is 0.260 e. The summed E-state index contributed by atoms with van der Waals surface area (Å²) in [4.78, 5) is 21.4. The molecule has 0 aliphatic carbocycles. The maximum atomic E-state index is 12.6. The molecule has 6 heteroatoms. The average Bonchev–Trinajstić information content (AvgIpc) is 3.05. The van der Waals surface area contributed by atoms with Gasteiger partial charge in [-0.2, -0.15) is 5.10 Å². The van der Waals surface area contributed by atoms with Crippen LogP contribution in [0, 0.1) is 13.8 Å². The molecule has 0 radical (unpaired) electrons. The molecule has 0 aliphatic heterocycles. The number of pyridine rings is 2. The first-order valence-electron chi connectivity index (χ1n) is 8.26. The molecule has 3 heterocycles. The summed E-state index contributed by atoms with van der Waals surface area (Å²) in [7, 11) is 0. The summed E-state index contributed by atoms with van der Waals surface area (Å²) in [5.74, 6) is 0.941. The van der Waals surface area contributed by atoms with Crippen LogP contribution in [0.15, 0.2) is 60.9 Å². The lowest BCUT2D eigenvalue weighted by Crippen LogP contribution is -2.14. The Hall–Kier alpha value is -3.54. The van der Waals surface area contributed by atoms with Crippen molar-refractivity contribution in [3.63, 3.8) is 0 Å². The van der Waals surface area contributed by atoms with Crippen LogP contribution in [0.5, 0.6) is 0 Å². The molecule has 1 N–H and O–H groups in total. The second kappa shape index (κ2) is 6.40. The molecule has 1 amide bonds. The number of aryl methyl sites for hydroxylation is 1. The maximum absolute atomic E-state index is 12.6. The lowest BCUT2D eigenvalue weighted by molar-refractivity contribution is 0.102. The van der Waals surface area contributed by atoms with Crippen LogP contribution in [0.4, 0.5) is 5.82 Å². The zero-order chi connectivity index (χ0) is 18.1. The molecule has 0 bridgehead atoms. The average molecular weight is 343 g/mol. The van der Waals surface area contributed by atoms with Crippen molar-refractivity contribution in [3.05, 3.63) is 77.7 Å². The first-order chi connectivity index (χ1) is 12.6. The van der Waals surface area contributed by atoms with E-state index >= 15 is 0 Å². The molecule has 4 rings (SSSR count). The van der Waals surface area contributed by atoms with Crippen molar-refractivity contribution in [2.45, 2.75) is 13.8 Å². The normalized spacial score (nSPS) is 10.8. The Morgan fingerprint density at radius 1 is 1.00 bits per heavy atom. The van der Waals surface area contributed by atoms with Gasteiger partial charge in [0.05, 0.1) is 23.0 Å². The molecule has 26 heavy (non-hydrogen) atoms. The molecule has 4 aromatic rings. The molecule has 3 aromatic heterocycles. The topological polar surface area (TPSA) is 72.7 Å². The lowest BCUT2D eigenvalue weighted by atomic mass is 10.2. The van der Waals surface area contributed by atoms with Gasteiger partial charge in [0.2, 0.25) is 0 Å². The predicted molar refractivity (Wildman–Crippen MR) is 101 cm³/mol. The largest absolute Gasteiger partial charge is 0.306 e. The SMILES string of the molecule is Cc1ccc(NC(=O)c2cnn(-c3ccc4ccccc4n3)c2C)nc1. The van der Waals surface area contributed by atoms with E-state index in [9.17, 15) is 4.79 Å². The van der Waals surface area contributed by atoms with Crippen LogP contribution in [0.3, 0.4) is 0 Å². The summed E-state index contributed by atoms with van der Waals surface area (Å²) in [6.45, 7) is 3.80. The van der Waals surface area contributed by atoms with Crippen LogP contribution in [0.1, 0.15) is 21.6 Å². The van der Waals surface area contributed by atoms with Gasteiger partial charge in [0.15, 0.2) is 5.82 Å². The van der Waals surface area contributed by atoms with Crippen molar-refractivity contribution >= 4 is 22.6 Å². The Labute approximate surface area is 150 Å². The number of hydrogen-bond donors (Lipinski definition) is 1. The number of rotatable bonds is 3. The van der Waals surface area contributed by atoms with Crippen LogP contribution in [0.25, 0.3) is 16.7 Å². The van der Waals surface area contributed by atoms with Gasteiger partial charge in [-0.25, -0.2) is 14.6 Å². The van der Waals surface area contributed by atoms with Crippen molar-refractivity contribution in [1.82, 2.24) is 19.7 Å². The summed E-state index contributed by atoms with van der Waals surface area (Å²) in [6.07, 6.45) is 3.26. The number of carbonyl (C=O) groups is 1. The van der Waals surface area contributed by atoms with Crippen molar-refractivity contribution in [2.24, 2.45) is 0 Å². The second-order valence-corrected chi connectivity index (χ2v) is 6.09. The zero-order valence-electron chi connectivity index (χ0n) is 14.5. The highest BCUT2D eigenvalue weighted by atomic mass is 16.1. The molecule has 0 saturated carbocycles. The Kier molecular flexibility index (Phi) is 3.93. The Morgan fingerprint density at radius 2 is 1.85 bits per heavy atom. The molecule has 0 saturated heterocycles. The number of benzene rings is 1. The van der Waals surface area contributed by atoms with Gasteiger partial charge < -0.3 is 5.32 Å². The third kappa shape index (κ3) is 2.93. The van der Waals surface area contributed by atoms with E-state index in [1.165, 1.54) is 0 Å². The third-order valence-corrected chi connectivity index (χ3v) is 4.21. The number of aromatic nitrogens is 4. The number of carbonyl (C=O) groups excluding carboxylic acids is 1. The monoisotopic (exact) mass is 343 g/mol. The molecule has 0 unspecified atom stereocenters. The van der Waals surface area contributed by atoms with E-state index in [4.69, 9.17) is 0 Å². The smallest absolute Gasteiger partial charge is 0.260 e. The number of nitrogens with one attached hydrogen (secondary N) is 1. The van der Waals surface area contributed by atoms with Crippen LogP contribution in [-0.2, 0) is 0 Å². The molecule has 128 valence electrons. The molecule has 0 spiro atoms. The fourth-order valence-electron chi connectivity index (χ4n) is 2.76. The van der Waals surface area contributed by atoms with Gasteiger partial charge in [-0.1, -0.05) is 24.3 Å². The van der Waals surface area contributed by atoms with Gasteiger partial charge in [0, 0.05) is 11.6 Å². The number of hydrogen-bond acceptors (Lipinski definition) is 4. The van der Waals surface area contributed by atoms with Crippen LogP contribution in [0.2, 0.25) is 0 Å². The number of para-hydroxylation sites is 1. The third-order valence-electron chi connectivity index (χ3n) is 4.21. The van der Waals surface area contributed by atoms with E-state index in [1.807, 2.05) is 56.3 Å². The van der Waals surface area contributed by atoms with E-state index in [0.29, 0.717) is 17.2 Å². The minimum atomic E-state index is -0.245. The zero-order valence-corrected chi connectivity index (χ0v) is 14.5. The Morgan fingerprint density at radius 3 is 2.65 bits per heavy atom. The van der Waals surface area contributed by atoms with Gasteiger partial charge in [0.25, 0.3) is 5.91 Å².